The molecule has 0 fully saturated rings. The Morgan fingerprint density at radius 1 is 1.50 bits per heavy atom. The number of rotatable bonds is 5. The highest BCUT2D eigenvalue weighted by atomic mass is 16.5. The molecule has 6 nitrogen and oxygen atoms in total. The van der Waals surface area contributed by atoms with Gasteiger partial charge in [0.25, 0.3) is 5.91 Å². The van der Waals surface area contributed by atoms with Gasteiger partial charge in [0.15, 0.2) is 6.10 Å². The van der Waals surface area contributed by atoms with E-state index in [4.69, 9.17) is 9.84 Å². The van der Waals surface area contributed by atoms with Gasteiger partial charge < -0.3 is 20.5 Å². The molecule has 108 valence electrons. The first-order chi connectivity index (χ1) is 9.58. The lowest BCUT2D eigenvalue weighted by molar-refractivity contribution is -0.141. The second kappa shape index (κ2) is 6.27. The van der Waals surface area contributed by atoms with Gasteiger partial charge in [-0.1, -0.05) is 19.1 Å². The summed E-state index contributed by atoms with van der Waals surface area (Å²) in [6.07, 6.45) is -0.192. The molecular formula is C14H18N2O4. The molecule has 0 spiro atoms. The molecule has 2 rings (SSSR count). The lowest BCUT2D eigenvalue weighted by atomic mass is 10.1. The molecule has 3 N–H and O–H groups in total. The molecule has 2 unspecified atom stereocenters. The van der Waals surface area contributed by atoms with Gasteiger partial charge in [-0.05, 0) is 18.6 Å². The van der Waals surface area contributed by atoms with E-state index in [1.165, 1.54) is 0 Å². The number of benzene rings is 1. The summed E-state index contributed by atoms with van der Waals surface area (Å²) in [5, 5.41) is 14.6. The van der Waals surface area contributed by atoms with Crippen LogP contribution in [0.15, 0.2) is 24.3 Å². The number of hydrogen-bond acceptors (Lipinski definition) is 4. The van der Waals surface area contributed by atoms with Crippen molar-refractivity contribution in [1.29, 1.82) is 0 Å². The second-order valence-electron chi connectivity index (χ2n) is 4.80. The predicted molar refractivity (Wildman–Crippen MR) is 73.8 cm³/mol. The number of para-hydroxylation sites is 2. The van der Waals surface area contributed by atoms with Gasteiger partial charge in [-0.3, -0.25) is 9.59 Å². The Bertz CT molecular complexity index is 504. The highest BCUT2D eigenvalue weighted by Crippen LogP contribution is 2.28. The average molecular weight is 278 g/mol. The third-order valence-corrected chi connectivity index (χ3v) is 3.22. The van der Waals surface area contributed by atoms with E-state index in [0.717, 1.165) is 5.69 Å². The molecule has 0 aromatic heterocycles. The Kier molecular flexibility index (Phi) is 4.45. The Labute approximate surface area is 117 Å². The van der Waals surface area contributed by atoms with E-state index in [9.17, 15) is 9.59 Å². The van der Waals surface area contributed by atoms with Crippen molar-refractivity contribution in [3.05, 3.63) is 24.3 Å². The van der Waals surface area contributed by atoms with E-state index >= 15 is 0 Å². The van der Waals surface area contributed by atoms with Crippen LogP contribution in [0.1, 0.15) is 13.3 Å². The molecule has 1 aromatic carbocycles. The maximum atomic E-state index is 11.9. The van der Waals surface area contributed by atoms with Crippen molar-refractivity contribution in [2.75, 3.05) is 18.4 Å². The van der Waals surface area contributed by atoms with E-state index in [2.05, 4.69) is 10.6 Å². The molecule has 1 aromatic rings. The normalized spacial score (nSPS) is 18.1. The summed E-state index contributed by atoms with van der Waals surface area (Å²) in [4.78, 5) is 22.6. The molecule has 0 bridgehead atoms. The van der Waals surface area contributed by atoms with Crippen LogP contribution in [0.25, 0.3) is 0 Å². The lowest BCUT2D eigenvalue weighted by Crippen LogP contribution is -2.45. The zero-order valence-electron chi connectivity index (χ0n) is 11.3. The van der Waals surface area contributed by atoms with Crippen molar-refractivity contribution in [1.82, 2.24) is 5.32 Å². The summed E-state index contributed by atoms with van der Waals surface area (Å²) in [6.45, 7) is 2.34. The number of hydrogen-bond donors (Lipinski definition) is 3. The summed E-state index contributed by atoms with van der Waals surface area (Å²) in [5.41, 5.74) is 0.871. The molecule has 2 atom stereocenters. The van der Waals surface area contributed by atoms with Gasteiger partial charge in [-0.2, -0.15) is 0 Å². The van der Waals surface area contributed by atoms with Crippen molar-refractivity contribution >= 4 is 17.6 Å². The highest BCUT2D eigenvalue weighted by molar-refractivity contribution is 5.83. The molecule has 0 aliphatic carbocycles. The first kappa shape index (κ1) is 14.2. The van der Waals surface area contributed by atoms with Gasteiger partial charge in [0.2, 0.25) is 0 Å². The van der Waals surface area contributed by atoms with Crippen LogP contribution in [0.4, 0.5) is 5.69 Å². The van der Waals surface area contributed by atoms with Crippen LogP contribution >= 0.6 is 0 Å². The number of ether oxygens (including phenoxy) is 1. The minimum Gasteiger partial charge on any atom is -0.481 e. The molecule has 0 saturated heterocycles. The van der Waals surface area contributed by atoms with Crippen molar-refractivity contribution in [2.24, 2.45) is 5.92 Å². The zero-order valence-corrected chi connectivity index (χ0v) is 11.3. The number of carbonyl (C=O) groups is 2. The van der Waals surface area contributed by atoms with Crippen molar-refractivity contribution in [3.63, 3.8) is 0 Å². The Hall–Kier alpha value is -2.24. The lowest BCUT2D eigenvalue weighted by Gasteiger charge is -2.26. The minimum absolute atomic E-state index is 0.232. The monoisotopic (exact) mass is 278 g/mol. The average Bonchev–Trinajstić information content (AvgIpc) is 2.46. The van der Waals surface area contributed by atoms with Crippen molar-refractivity contribution < 1.29 is 19.4 Å². The van der Waals surface area contributed by atoms with Crippen LogP contribution in [-0.4, -0.2) is 36.2 Å². The fourth-order valence-corrected chi connectivity index (χ4v) is 1.91. The number of aliphatic carboxylic acids is 1. The van der Waals surface area contributed by atoms with Crippen LogP contribution in [0, 0.1) is 5.92 Å². The predicted octanol–water partition coefficient (Wildman–Crippen LogP) is 1.09. The Morgan fingerprint density at radius 2 is 2.25 bits per heavy atom. The van der Waals surface area contributed by atoms with Crippen LogP contribution in [0.2, 0.25) is 0 Å². The topological polar surface area (TPSA) is 87.7 Å². The number of fused-ring (bicyclic) bond motifs is 1. The van der Waals surface area contributed by atoms with E-state index in [1.807, 2.05) is 18.2 Å². The molecule has 1 heterocycles. The first-order valence-corrected chi connectivity index (χ1v) is 6.58. The van der Waals surface area contributed by atoms with Gasteiger partial charge in [0.1, 0.15) is 5.75 Å². The number of carbonyl (C=O) groups excluding carboxylic acids is 1. The second-order valence-corrected chi connectivity index (χ2v) is 4.80. The fourth-order valence-electron chi connectivity index (χ4n) is 1.91. The van der Waals surface area contributed by atoms with Crippen LogP contribution in [0.3, 0.4) is 0 Å². The SMILES string of the molecule is CC(CCNC(=O)C1CNc2ccccc2O1)C(=O)O. The van der Waals surface area contributed by atoms with Gasteiger partial charge in [0, 0.05) is 6.54 Å². The number of anilines is 1. The van der Waals surface area contributed by atoms with Crippen molar-refractivity contribution in [3.8, 4) is 5.75 Å². The molecule has 1 aliphatic rings. The number of nitrogens with one attached hydrogen (secondary N) is 2. The summed E-state index contributed by atoms with van der Waals surface area (Å²) in [7, 11) is 0. The summed E-state index contributed by atoms with van der Waals surface area (Å²) >= 11 is 0. The molecule has 20 heavy (non-hydrogen) atoms. The van der Waals surface area contributed by atoms with Gasteiger partial charge in [-0.15, -0.1) is 0 Å². The Morgan fingerprint density at radius 3 is 3.00 bits per heavy atom. The molecule has 6 heteroatoms. The van der Waals surface area contributed by atoms with Gasteiger partial charge >= 0.3 is 5.97 Å². The number of carboxylic acid groups (broad SMARTS) is 1. The number of carboxylic acids is 1. The standard InChI is InChI=1S/C14H18N2O4/c1-9(14(18)19)6-7-15-13(17)12-8-16-10-4-2-3-5-11(10)20-12/h2-5,9,12,16H,6-8H2,1H3,(H,15,17)(H,18,19). The van der Waals surface area contributed by atoms with Gasteiger partial charge in [-0.25, -0.2) is 0 Å². The maximum Gasteiger partial charge on any atom is 0.306 e. The van der Waals surface area contributed by atoms with Gasteiger partial charge in [0.05, 0.1) is 18.2 Å². The summed E-state index contributed by atoms with van der Waals surface area (Å²) < 4.78 is 5.61. The van der Waals surface area contributed by atoms with Crippen molar-refractivity contribution in [2.45, 2.75) is 19.4 Å². The number of amides is 1. The zero-order chi connectivity index (χ0) is 14.5. The largest absolute Gasteiger partial charge is 0.481 e. The van der Waals surface area contributed by atoms with E-state index in [1.54, 1.807) is 13.0 Å². The highest BCUT2D eigenvalue weighted by Gasteiger charge is 2.25. The summed E-state index contributed by atoms with van der Waals surface area (Å²) in [5.74, 6) is -0.910. The van der Waals surface area contributed by atoms with E-state index in [0.29, 0.717) is 25.3 Å². The van der Waals surface area contributed by atoms with Crippen LogP contribution in [-0.2, 0) is 9.59 Å². The third-order valence-electron chi connectivity index (χ3n) is 3.22. The first-order valence-electron chi connectivity index (χ1n) is 6.58. The summed E-state index contributed by atoms with van der Waals surface area (Å²) in [6, 6.07) is 7.42. The Balaban J connectivity index is 1.81. The van der Waals surface area contributed by atoms with Crippen LogP contribution in [0.5, 0.6) is 5.75 Å². The maximum absolute atomic E-state index is 11.9. The van der Waals surface area contributed by atoms with Crippen LogP contribution < -0.4 is 15.4 Å². The fraction of sp³-hybridized carbons (Fsp3) is 0.429. The molecular weight excluding hydrogens is 260 g/mol. The minimum atomic E-state index is -0.858. The van der Waals surface area contributed by atoms with E-state index < -0.39 is 18.0 Å². The molecule has 1 aliphatic heterocycles. The molecule has 0 saturated carbocycles. The quantitative estimate of drug-likeness (QED) is 0.750. The van der Waals surface area contributed by atoms with E-state index in [-0.39, 0.29) is 5.91 Å². The molecule has 0 radical (unpaired) electrons. The third kappa shape index (κ3) is 3.40. The smallest absolute Gasteiger partial charge is 0.306 e. The molecule has 1 amide bonds.